The van der Waals surface area contributed by atoms with E-state index in [4.69, 9.17) is 4.74 Å². The number of amides is 2. The van der Waals surface area contributed by atoms with Crippen LogP contribution in [-0.4, -0.2) is 57.9 Å². The highest BCUT2D eigenvalue weighted by Crippen LogP contribution is 2.40. The number of ether oxygens (including phenoxy) is 1. The SMILES string of the molecule is O=C([C@@H]1CCCO1)N1CCC2(CCC(=O)N2Cc2cccnc2)CC1. The highest BCUT2D eigenvalue weighted by atomic mass is 16.5. The van der Waals surface area contributed by atoms with Crippen molar-refractivity contribution in [2.45, 2.75) is 56.7 Å². The van der Waals surface area contributed by atoms with E-state index in [0.717, 1.165) is 50.8 Å². The highest BCUT2D eigenvalue weighted by Gasteiger charge is 2.47. The summed E-state index contributed by atoms with van der Waals surface area (Å²) < 4.78 is 5.54. The molecule has 4 rings (SSSR count). The second-order valence-corrected chi connectivity index (χ2v) is 7.39. The van der Waals surface area contributed by atoms with Gasteiger partial charge in [0.2, 0.25) is 5.91 Å². The van der Waals surface area contributed by atoms with Crippen LogP contribution in [0.1, 0.15) is 44.1 Å². The van der Waals surface area contributed by atoms with E-state index in [0.29, 0.717) is 19.6 Å². The van der Waals surface area contributed by atoms with Gasteiger partial charge >= 0.3 is 0 Å². The minimum absolute atomic E-state index is 0.0970. The second-order valence-electron chi connectivity index (χ2n) is 7.39. The molecule has 1 atom stereocenters. The minimum atomic E-state index is -0.245. The Morgan fingerprint density at radius 1 is 1.32 bits per heavy atom. The molecule has 3 aliphatic rings. The Balaban J connectivity index is 1.43. The monoisotopic (exact) mass is 343 g/mol. The number of carbonyl (C=O) groups is 2. The lowest BCUT2D eigenvalue weighted by molar-refractivity contribution is -0.144. The zero-order valence-corrected chi connectivity index (χ0v) is 14.5. The molecule has 0 unspecified atom stereocenters. The first kappa shape index (κ1) is 16.5. The van der Waals surface area contributed by atoms with Crippen LogP contribution in [0.4, 0.5) is 0 Å². The molecule has 0 N–H and O–H groups in total. The van der Waals surface area contributed by atoms with Gasteiger partial charge in [-0.15, -0.1) is 0 Å². The van der Waals surface area contributed by atoms with Crippen LogP contribution in [0.25, 0.3) is 0 Å². The van der Waals surface area contributed by atoms with Crippen molar-refractivity contribution in [1.29, 1.82) is 0 Å². The number of carbonyl (C=O) groups excluding carboxylic acids is 2. The van der Waals surface area contributed by atoms with Crippen LogP contribution in [0.5, 0.6) is 0 Å². The maximum Gasteiger partial charge on any atom is 0.251 e. The maximum absolute atomic E-state index is 12.6. The Kier molecular flexibility index (Phi) is 4.46. The number of likely N-dealkylation sites (tertiary alicyclic amines) is 2. The van der Waals surface area contributed by atoms with E-state index in [1.807, 2.05) is 28.1 Å². The lowest BCUT2D eigenvalue weighted by atomic mass is 9.84. The van der Waals surface area contributed by atoms with Gasteiger partial charge in [-0.1, -0.05) is 6.07 Å². The van der Waals surface area contributed by atoms with E-state index in [1.165, 1.54) is 0 Å². The molecule has 1 aromatic rings. The molecule has 1 aromatic heterocycles. The standard InChI is InChI=1S/C19H25N3O3/c23-17-5-6-19(22(17)14-15-3-1-9-20-13-15)7-10-21(11-8-19)18(24)16-4-2-12-25-16/h1,3,9,13,16H,2,4-8,10-12,14H2/t16-/m0/s1. The fourth-order valence-corrected chi connectivity index (χ4v) is 4.44. The molecule has 2 amide bonds. The van der Waals surface area contributed by atoms with Gasteiger partial charge in [0.15, 0.2) is 0 Å². The Labute approximate surface area is 148 Å². The van der Waals surface area contributed by atoms with E-state index in [2.05, 4.69) is 4.98 Å². The molecule has 3 aliphatic heterocycles. The maximum atomic E-state index is 12.6. The van der Waals surface area contributed by atoms with Gasteiger partial charge in [0.1, 0.15) is 6.10 Å². The van der Waals surface area contributed by atoms with Gasteiger partial charge in [-0.3, -0.25) is 14.6 Å². The lowest BCUT2D eigenvalue weighted by Crippen LogP contribution is -2.55. The number of rotatable bonds is 3. The van der Waals surface area contributed by atoms with E-state index < -0.39 is 0 Å². The predicted octanol–water partition coefficient (Wildman–Crippen LogP) is 1.74. The average Bonchev–Trinajstić information content (AvgIpc) is 3.28. The van der Waals surface area contributed by atoms with Gasteiger partial charge in [0.25, 0.3) is 5.91 Å². The van der Waals surface area contributed by atoms with Crippen molar-refractivity contribution >= 4 is 11.8 Å². The fourth-order valence-electron chi connectivity index (χ4n) is 4.44. The van der Waals surface area contributed by atoms with Gasteiger partial charge < -0.3 is 14.5 Å². The first-order valence-electron chi connectivity index (χ1n) is 9.28. The zero-order valence-electron chi connectivity index (χ0n) is 14.5. The predicted molar refractivity (Wildman–Crippen MR) is 91.5 cm³/mol. The van der Waals surface area contributed by atoms with Crippen LogP contribution in [0, 0.1) is 0 Å². The van der Waals surface area contributed by atoms with Crippen molar-refractivity contribution in [3.8, 4) is 0 Å². The summed E-state index contributed by atoms with van der Waals surface area (Å²) in [4.78, 5) is 33.2. The number of piperidine rings is 1. The molecule has 134 valence electrons. The third-order valence-electron chi connectivity index (χ3n) is 5.95. The van der Waals surface area contributed by atoms with Crippen molar-refractivity contribution in [2.24, 2.45) is 0 Å². The van der Waals surface area contributed by atoms with Gasteiger partial charge in [-0.05, 0) is 43.7 Å². The summed E-state index contributed by atoms with van der Waals surface area (Å²) in [6.07, 6.45) is 8.37. The normalized spacial score (nSPS) is 25.8. The van der Waals surface area contributed by atoms with E-state index in [1.54, 1.807) is 6.20 Å². The second kappa shape index (κ2) is 6.75. The number of pyridine rings is 1. The van der Waals surface area contributed by atoms with Crippen LogP contribution in [0.3, 0.4) is 0 Å². The smallest absolute Gasteiger partial charge is 0.251 e. The highest BCUT2D eigenvalue weighted by molar-refractivity contribution is 5.82. The van der Waals surface area contributed by atoms with Crippen LogP contribution >= 0.6 is 0 Å². The molecule has 3 saturated heterocycles. The third kappa shape index (κ3) is 3.15. The van der Waals surface area contributed by atoms with Gasteiger partial charge in [-0.25, -0.2) is 0 Å². The molecular formula is C19H25N3O3. The van der Waals surface area contributed by atoms with Crippen LogP contribution in [-0.2, 0) is 20.9 Å². The summed E-state index contributed by atoms with van der Waals surface area (Å²) in [6, 6.07) is 3.92. The topological polar surface area (TPSA) is 62.7 Å². The summed E-state index contributed by atoms with van der Waals surface area (Å²) in [5.74, 6) is 0.359. The first-order valence-corrected chi connectivity index (χ1v) is 9.28. The first-order chi connectivity index (χ1) is 12.2. The average molecular weight is 343 g/mol. The molecule has 6 heteroatoms. The molecule has 6 nitrogen and oxygen atoms in total. The summed E-state index contributed by atoms with van der Waals surface area (Å²) in [5, 5.41) is 0. The number of aromatic nitrogens is 1. The van der Waals surface area contributed by atoms with Crippen molar-refractivity contribution in [2.75, 3.05) is 19.7 Å². The molecule has 0 saturated carbocycles. The summed E-state index contributed by atoms with van der Waals surface area (Å²) >= 11 is 0. The Bertz CT molecular complexity index is 635. The Hall–Kier alpha value is -1.95. The van der Waals surface area contributed by atoms with E-state index in [9.17, 15) is 9.59 Å². The summed E-state index contributed by atoms with van der Waals surface area (Å²) in [5.41, 5.74) is 0.968. The fraction of sp³-hybridized carbons (Fsp3) is 0.632. The van der Waals surface area contributed by atoms with E-state index >= 15 is 0 Å². The lowest BCUT2D eigenvalue weighted by Gasteiger charge is -2.45. The molecule has 0 aliphatic carbocycles. The van der Waals surface area contributed by atoms with Gasteiger partial charge in [0, 0.05) is 50.6 Å². The minimum Gasteiger partial charge on any atom is -0.368 e. The molecule has 4 heterocycles. The molecule has 0 bridgehead atoms. The van der Waals surface area contributed by atoms with Crippen molar-refractivity contribution in [1.82, 2.24) is 14.8 Å². The number of hydrogen-bond donors (Lipinski definition) is 0. The zero-order chi connectivity index (χ0) is 17.3. The molecule has 25 heavy (non-hydrogen) atoms. The molecule has 3 fully saturated rings. The third-order valence-corrected chi connectivity index (χ3v) is 5.95. The van der Waals surface area contributed by atoms with Crippen molar-refractivity contribution < 1.29 is 14.3 Å². The summed E-state index contributed by atoms with van der Waals surface area (Å²) in [6.45, 7) is 2.75. The number of hydrogen-bond acceptors (Lipinski definition) is 4. The van der Waals surface area contributed by atoms with Crippen molar-refractivity contribution in [3.05, 3.63) is 30.1 Å². The van der Waals surface area contributed by atoms with E-state index in [-0.39, 0.29) is 23.5 Å². The largest absolute Gasteiger partial charge is 0.368 e. The molecule has 0 aromatic carbocycles. The van der Waals surface area contributed by atoms with Crippen LogP contribution < -0.4 is 0 Å². The summed E-state index contributed by atoms with van der Waals surface area (Å²) in [7, 11) is 0. The van der Waals surface area contributed by atoms with Crippen LogP contribution in [0.2, 0.25) is 0 Å². The quantitative estimate of drug-likeness (QED) is 0.839. The number of nitrogens with zero attached hydrogens (tertiary/aromatic N) is 3. The Morgan fingerprint density at radius 3 is 2.84 bits per heavy atom. The van der Waals surface area contributed by atoms with Crippen LogP contribution in [0.15, 0.2) is 24.5 Å². The van der Waals surface area contributed by atoms with Gasteiger partial charge in [-0.2, -0.15) is 0 Å². The molecular weight excluding hydrogens is 318 g/mol. The molecule has 1 spiro atoms. The molecule has 0 radical (unpaired) electrons. The Morgan fingerprint density at radius 2 is 2.16 bits per heavy atom. The van der Waals surface area contributed by atoms with Gasteiger partial charge in [0.05, 0.1) is 0 Å². The van der Waals surface area contributed by atoms with Crippen molar-refractivity contribution in [3.63, 3.8) is 0 Å².